The van der Waals surface area contributed by atoms with Gasteiger partial charge >= 0.3 is 0 Å². The molecule has 0 unspecified atom stereocenters. The molecule has 0 aromatic heterocycles. The van der Waals surface area contributed by atoms with Gasteiger partial charge in [-0.3, -0.25) is 0 Å². The van der Waals surface area contributed by atoms with Gasteiger partial charge in [0, 0.05) is 0 Å². The third-order valence-electron chi connectivity index (χ3n) is 6.07. The standard InChI is InChI=1S/C22H26O2/c1-23-17-10-7-15(8-11-17)21-13-16-9-12-18(24-2)14-22(16)20-6-4-3-5-19(20)21/h7-12,14,19-21H,3-6,13H2,1-2H3/t19-,20+,21-/m0/s1. The lowest BCUT2D eigenvalue weighted by atomic mass is 9.61. The maximum atomic E-state index is 5.48. The molecule has 0 spiro atoms. The fourth-order valence-corrected chi connectivity index (χ4v) is 4.86. The molecule has 2 nitrogen and oxygen atoms in total. The molecule has 2 aromatic rings. The Balaban J connectivity index is 1.72. The van der Waals surface area contributed by atoms with Gasteiger partial charge in [0.25, 0.3) is 0 Å². The first-order chi connectivity index (χ1) is 11.8. The first-order valence-corrected chi connectivity index (χ1v) is 9.11. The molecule has 4 rings (SSSR count). The summed E-state index contributed by atoms with van der Waals surface area (Å²) in [5.74, 6) is 4.01. The van der Waals surface area contributed by atoms with Crippen molar-refractivity contribution in [1.29, 1.82) is 0 Å². The van der Waals surface area contributed by atoms with Crippen LogP contribution in [0.2, 0.25) is 0 Å². The SMILES string of the molecule is COc1ccc([C@@H]2Cc3ccc(OC)cc3[C@@H]3CCCC[C@H]23)cc1. The second kappa shape index (κ2) is 6.51. The Labute approximate surface area is 144 Å². The predicted molar refractivity (Wildman–Crippen MR) is 97.1 cm³/mol. The van der Waals surface area contributed by atoms with Gasteiger partial charge in [0.05, 0.1) is 14.2 Å². The number of methoxy groups -OCH3 is 2. The van der Waals surface area contributed by atoms with Crippen molar-refractivity contribution in [2.45, 2.75) is 43.9 Å². The summed E-state index contributed by atoms with van der Waals surface area (Å²) in [6.07, 6.45) is 6.53. The Hall–Kier alpha value is -1.96. The Morgan fingerprint density at radius 2 is 1.50 bits per heavy atom. The van der Waals surface area contributed by atoms with Gasteiger partial charge in [0.15, 0.2) is 0 Å². The van der Waals surface area contributed by atoms with Gasteiger partial charge in [-0.05, 0) is 78.0 Å². The van der Waals surface area contributed by atoms with E-state index in [1.807, 2.05) is 0 Å². The molecule has 24 heavy (non-hydrogen) atoms. The van der Waals surface area contributed by atoms with Gasteiger partial charge in [0.1, 0.15) is 11.5 Å². The van der Waals surface area contributed by atoms with Crippen LogP contribution in [0.3, 0.4) is 0 Å². The van der Waals surface area contributed by atoms with E-state index in [-0.39, 0.29) is 0 Å². The molecule has 0 N–H and O–H groups in total. The summed E-state index contributed by atoms with van der Waals surface area (Å²) in [5.41, 5.74) is 4.53. The van der Waals surface area contributed by atoms with E-state index in [1.165, 1.54) is 36.8 Å². The van der Waals surface area contributed by atoms with Crippen LogP contribution in [0.5, 0.6) is 11.5 Å². The van der Waals surface area contributed by atoms with Crippen molar-refractivity contribution in [1.82, 2.24) is 0 Å². The quantitative estimate of drug-likeness (QED) is 0.761. The highest BCUT2D eigenvalue weighted by atomic mass is 16.5. The number of fused-ring (bicyclic) bond motifs is 3. The van der Waals surface area contributed by atoms with Crippen molar-refractivity contribution in [3.63, 3.8) is 0 Å². The zero-order valence-corrected chi connectivity index (χ0v) is 14.6. The lowest BCUT2D eigenvalue weighted by molar-refractivity contribution is 0.242. The van der Waals surface area contributed by atoms with Crippen LogP contribution in [0.4, 0.5) is 0 Å². The van der Waals surface area contributed by atoms with Gasteiger partial charge in [-0.2, -0.15) is 0 Å². The van der Waals surface area contributed by atoms with E-state index in [9.17, 15) is 0 Å². The molecule has 0 amide bonds. The topological polar surface area (TPSA) is 18.5 Å². The van der Waals surface area contributed by atoms with E-state index in [4.69, 9.17) is 9.47 Å². The van der Waals surface area contributed by atoms with Gasteiger partial charge in [-0.25, -0.2) is 0 Å². The average Bonchev–Trinajstić information content (AvgIpc) is 2.67. The maximum absolute atomic E-state index is 5.48. The summed E-state index contributed by atoms with van der Waals surface area (Å²) in [6.45, 7) is 0. The summed E-state index contributed by atoms with van der Waals surface area (Å²) in [6, 6.07) is 15.5. The van der Waals surface area contributed by atoms with Crippen LogP contribution in [-0.4, -0.2) is 14.2 Å². The smallest absolute Gasteiger partial charge is 0.119 e. The van der Waals surface area contributed by atoms with Crippen LogP contribution >= 0.6 is 0 Å². The minimum atomic E-state index is 0.627. The van der Waals surface area contributed by atoms with E-state index in [0.717, 1.165) is 23.8 Å². The number of hydrogen-bond donors (Lipinski definition) is 0. The first kappa shape index (κ1) is 15.6. The van der Waals surface area contributed by atoms with Crippen molar-refractivity contribution in [3.05, 3.63) is 59.2 Å². The Kier molecular flexibility index (Phi) is 4.22. The molecule has 0 bridgehead atoms. The molecule has 1 saturated carbocycles. The van der Waals surface area contributed by atoms with Crippen molar-refractivity contribution in [2.75, 3.05) is 14.2 Å². The molecular weight excluding hydrogens is 296 g/mol. The number of ether oxygens (including phenoxy) is 2. The molecule has 2 heteroatoms. The van der Waals surface area contributed by atoms with Crippen LogP contribution in [0.1, 0.15) is 54.2 Å². The molecule has 0 radical (unpaired) electrons. The molecule has 2 aliphatic rings. The van der Waals surface area contributed by atoms with Crippen molar-refractivity contribution in [2.24, 2.45) is 5.92 Å². The second-order valence-electron chi connectivity index (χ2n) is 7.20. The normalized spacial score (nSPS) is 25.5. The summed E-state index contributed by atoms with van der Waals surface area (Å²) in [4.78, 5) is 0. The molecular formula is C22H26O2. The van der Waals surface area contributed by atoms with Crippen molar-refractivity contribution in [3.8, 4) is 11.5 Å². The summed E-state index contributed by atoms with van der Waals surface area (Å²) in [7, 11) is 3.50. The Bertz CT molecular complexity index is 704. The van der Waals surface area contributed by atoms with Gasteiger partial charge < -0.3 is 9.47 Å². The van der Waals surface area contributed by atoms with Crippen LogP contribution < -0.4 is 9.47 Å². The first-order valence-electron chi connectivity index (χ1n) is 9.11. The Morgan fingerprint density at radius 3 is 2.25 bits per heavy atom. The van der Waals surface area contributed by atoms with Crippen LogP contribution in [-0.2, 0) is 6.42 Å². The highest BCUT2D eigenvalue weighted by molar-refractivity contribution is 5.43. The fraction of sp³-hybridized carbons (Fsp3) is 0.455. The average molecular weight is 322 g/mol. The third kappa shape index (κ3) is 2.68. The number of rotatable bonds is 3. The molecule has 3 atom stereocenters. The maximum Gasteiger partial charge on any atom is 0.119 e. The largest absolute Gasteiger partial charge is 0.497 e. The molecule has 0 aliphatic heterocycles. The van der Waals surface area contributed by atoms with Crippen LogP contribution in [0.15, 0.2) is 42.5 Å². The number of benzene rings is 2. The van der Waals surface area contributed by atoms with Gasteiger partial charge in [0.2, 0.25) is 0 Å². The third-order valence-corrected chi connectivity index (χ3v) is 6.07. The molecule has 0 saturated heterocycles. The zero-order chi connectivity index (χ0) is 16.5. The minimum Gasteiger partial charge on any atom is -0.497 e. The lowest BCUT2D eigenvalue weighted by Crippen LogP contribution is -2.30. The monoisotopic (exact) mass is 322 g/mol. The highest BCUT2D eigenvalue weighted by Crippen LogP contribution is 2.51. The fourth-order valence-electron chi connectivity index (χ4n) is 4.86. The van der Waals surface area contributed by atoms with Crippen LogP contribution in [0, 0.1) is 5.92 Å². The molecule has 2 aliphatic carbocycles. The van der Waals surface area contributed by atoms with Crippen molar-refractivity contribution < 1.29 is 9.47 Å². The highest BCUT2D eigenvalue weighted by Gasteiger charge is 2.38. The zero-order valence-electron chi connectivity index (χ0n) is 14.6. The molecule has 126 valence electrons. The second-order valence-corrected chi connectivity index (χ2v) is 7.20. The van der Waals surface area contributed by atoms with Crippen LogP contribution in [0.25, 0.3) is 0 Å². The van der Waals surface area contributed by atoms with Gasteiger partial charge in [-0.1, -0.05) is 31.0 Å². The van der Waals surface area contributed by atoms with E-state index >= 15 is 0 Å². The summed E-state index contributed by atoms with van der Waals surface area (Å²) < 4.78 is 10.8. The minimum absolute atomic E-state index is 0.627. The molecule has 1 fully saturated rings. The lowest BCUT2D eigenvalue weighted by Gasteiger charge is -2.43. The van der Waals surface area contributed by atoms with E-state index in [2.05, 4.69) is 42.5 Å². The van der Waals surface area contributed by atoms with Crippen molar-refractivity contribution >= 4 is 0 Å². The van der Waals surface area contributed by atoms with Gasteiger partial charge in [-0.15, -0.1) is 0 Å². The number of hydrogen-bond acceptors (Lipinski definition) is 2. The predicted octanol–water partition coefficient (Wildman–Crippen LogP) is 5.32. The molecule has 0 heterocycles. The summed E-state index contributed by atoms with van der Waals surface area (Å²) >= 11 is 0. The van der Waals surface area contributed by atoms with E-state index < -0.39 is 0 Å². The summed E-state index contributed by atoms with van der Waals surface area (Å²) in [5, 5.41) is 0. The van der Waals surface area contributed by atoms with E-state index in [1.54, 1.807) is 19.8 Å². The van der Waals surface area contributed by atoms with E-state index in [0.29, 0.717) is 11.8 Å². The molecule has 2 aromatic carbocycles. The Morgan fingerprint density at radius 1 is 0.792 bits per heavy atom.